The van der Waals surface area contributed by atoms with E-state index in [2.05, 4.69) is 0 Å². The molecular weight excluding hydrogens is 238 g/mol. The first-order valence-electron chi connectivity index (χ1n) is 5.30. The van der Waals surface area contributed by atoms with Crippen LogP contribution in [0, 0.1) is 0 Å². The first-order valence-corrected chi connectivity index (χ1v) is 6.12. The predicted octanol–water partition coefficient (Wildman–Crippen LogP) is 4.78. The molecule has 3 heteroatoms. The highest BCUT2D eigenvalue weighted by Gasteiger charge is 2.06. The zero-order chi connectivity index (χ0) is 12.1. The zero-order valence-electron chi connectivity index (χ0n) is 9.20. The third kappa shape index (κ3) is 2.86. The number of hydrogen-bond donors (Lipinski definition) is 0. The van der Waals surface area contributed by atoms with Crippen LogP contribution in [0.2, 0.25) is 0 Å². The van der Waals surface area contributed by atoms with E-state index in [9.17, 15) is 8.78 Å². The van der Waals surface area contributed by atoms with Gasteiger partial charge < -0.3 is 0 Å². The van der Waals surface area contributed by atoms with Crippen molar-refractivity contribution in [3.05, 3.63) is 59.7 Å². The molecule has 0 saturated heterocycles. The number of alkyl halides is 2. The van der Waals surface area contributed by atoms with E-state index in [1.807, 2.05) is 24.3 Å². The van der Waals surface area contributed by atoms with Crippen LogP contribution < -0.4 is 0 Å². The van der Waals surface area contributed by atoms with Crippen molar-refractivity contribution >= 4 is 11.8 Å². The van der Waals surface area contributed by atoms with Gasteiger partial charge in [-0.15, -0.1) is 0 Å². The molecule has 0 aromatic heterocycles. The molecule has 0 radical (unpaired) electrons. The molecule has 0 bridgehead atoms. The summed E-state index contributed by atoms with van der Waals surface area (Å²) >= 11 is 1.41. The van der Waals surface area contributed by atoms with Crippen LogP contribution in [0.25, 0.3) is 0 Å². The highest BCUT2D eigenvalue weighted by Crippen LogP contribution is 2.33. The predicted molar refractivity (Wildman–Crippen MR) is 66.6 cm³/mol. The minimum atomic E-state index is -0.499. The number of rotatable bonds is 4. The molecule has 0 N–H and O–H groups in total. The summed E-state index contributed by atoms with van der Waals surface area (Å²) in [7, 11) is 0. The third-order valence-electron chi connectivity index (χ3n) is 2.45. The fourth-order valence-electron chi connectivity index (χ4n) is 1.55. The monoisotopic (exact) mass is 250 g/mol. The van der Waals surface area contributed by atoms with E-state index >= 15 is 0 Å². The highest BCUT2D eigenvalue weighted by molar-refractivity contribution is 7.99. The maximum Gasteiger partial charge on any atom is 0.116 e. The Bertz CT molecular complexity index is 452. The van der Waals surface area contributed by atoms with Crippen molar-refractivity contribution in [2.75, 3.05) is 0 Å². The van der Waals surface area contributed by atoms with Gasteiger partial charge in [0.15, 0.2) is 0 Å². The average molecular weight is 250 g/mol. The molecule has 0 aliphatic heterocycles. The van der Waals surface area contributed by atoms with Gasteiger partial charge in [-0.1, -0.05) is 48.2 Å². The molecule has 0 aliphatic rings. The quantitative estimate of drug-likeness (QED) is 0.752. The van der Waals surface area contributed by atoms with Gasteiger partial charge in [0.25, 0.3) is 0 Å². The van der Waals surface area contributed by atoms with Crippen LogP contribution in [0.15, 0.2) is 58.3 Å². The second kappa shape index (κ2) is 5.82. The topological polar surface area (TPSA) is 0 Å². The smallest absolute Gasteiger partial charge is 0.116 e. The Kier molecular flexibility index (Phi) is 4.15. The van der Waals surface area contributed by atoms with E-state index in [0.717, 1.165) is 9.79 Å². The second-order valence-corrected chi connectivity index (χ2v) is 4.67. The van der Waals surface area contributed by atoms with Gasteiger partial charge in [-0.05, 0) is 23.3 Å². The van der Waals surface area contributed by atoms with Crippen LogP contribution in [0.1, 0.15) is 11.1 Å². The summed E-state index contributed by atoms with van der Waals surface area (Å²) in [6, 6.07) is 14.5. The summed E-state index contributed by atoms with van der Waals surface area (Å²) < 4.78 is 25.6. The molecule has 17 heavy (non-hydrogen) atoms. The molecule has 0 aliphatic carbocycles. The fourth-order valence-corrected chi connectivity index (χ4v) is 2.58. The molecule has 2 aromatic rings. The van der Waals surface area contributed by atoms with Crippen LogP contribution in [0.3, 0.4) is 0 Å². The molecule has 88 valence electrons. The SMILES string of the molecule is FCc1ccccc1Sc1ccccc1CF. The lowest BCUT2D eigenvalue weighted by molar-refractivity contribution is 0.479. The van der Waals surface area contributed by atoms with Gasteiger partial charge in [-0.25, -0.2) is 8.78 Å². The van der Waals surface area contributed by atoms with Crippen LogP contribution >= 0.6 is 11.8 Å². The summed E-state index contributed by atoms with van der Waals surface area (Å²) in [5.74, 6) is 0. The van der Waals surface area contributed by atoms with Gasteiger partial charge in [-0.3, -0.25) is 0 Å². The summed E-state index contributed by atoms with van der Waals surface area (Å²) in [4.78, 5) is 1.69. The molecule has 0 saturated carbocycles. The van der Waals surface area contributed by atoms with E-state index < -0.39 is 13.3 Å². The Morgan fingerprint density at radius 2 is 1.12 bits per heavy atom. The standard InChI is InChI=1S/C14H12F2S/c15-9-11-5-1-3-7-13(11)17-14-8-4-2-6-12(14)10-16/h1-8H,9-10H2. The van der Waals surface area contributed by atoms with E-state index in [4.69, 9.17) is 0 Å². The highest BCUT2D eigenvalue weighted by atomic mass is 32.2. The van der Waals surface area contributed by atoms with Crippen molar-refractivity contribution in [1.82, 2.24) is 0 Å². The molecule has 0 heterocycles. The Balaban J connectivity index is 2.31. The lowest BCUT2D eigenvalue weighted by atomic mass is 10.2. The van der Waals surface area contributed by atoms with Gasteiger partial charge in [0, 0.05) is 9.79 Å². The number of benzene rings is 2. The lowest BCUT2D eigenvalue weighted by Crippen LogP contribution is -1.87. The van der Waals surface area contributed by atoms with Gasteiger partial charge >= 0.3 is 0 Å². The summed E-state index contributed by atoms with van der Waals surface area (Å²) in [5.41, 5.74) is 1.29. The Morgan fingerprint density at radius 1 is 0.706 bits per heavy atom. The largest absolute Gasteiger partial charge is 0.246 e. The van der Waals surface area contributed by atoms with E-state index in [-0.39, 0.29) is 0 Å². The summed E-state index contributed by atoms with van der Waals surface area (Å²) in [6.45, 7) is -0.998. The van der Waals surface area contributed by atoms with E-state index in [1.165, 1.54) is 11.8 Å². The minimum Gasteiger partial charge on any atom is -0.246 e. The molecular formula is C14H12F2S. The van der Waals surface area contributed by atoms with Crippen molar-refractivity contribution in [2.24, 2.45) is 0 Å². The molecule has 2 aromatic carbocycles. The molecule has 0 spiro atoms. The van der Waals surface area contributed by atoms with Gasteiger partial charge in [0.2, 0.25) is 0 Å². The molecule has 0 amide bonds. The molecule has 2 rings (SSSR count). The average Bonchev–Trinajstić information content (AvgIpc) is 2.40. The molecule has 0 fully saturated rings. The van der Waals surface area contributed by atoms with Crippen molar-refractivity contribution in [3.63, 3.8) is 0 Å². The second-order valence-electron chi connectivity index (χ2n) is 3.58. The van der Waals surface area contributed by atoms with E-state index in [1.54, 1.807) is 24.3 Å². The Hall–Kier alpha value is -1.35. The number of halogens is 2. The zero-order valence-corrected chi connectivity index (χ0v) is 10.0. The number of hydrogen-bond acceptors (Lipinski definition) is 1. The fraction of sp³-hybridized carbons (Fsp3) is 0.143. The van der Waals surface area contributed by atoms with E-state index in [0.29, 0.717) is 11.1 Å². The van der Waals surface area contributed by atoms with Gasteiger partial charge in [0.1, 0.15) is 13.3 Å². The first-order chi connectivity index (χ1) is 8.35. The Labute approximate surface area is 104 Å². The molecule has 0 unspecified atom stereocenters. The van der Waals surface area contributed by atoms with Crippen molar-refractivity contribution in [2.45, 2.75) is 23.1 Å². The van der Waals surface area contributed by atoms with Gasteiger partial charge in [0.05, 0.1) is 0 Å². The summed E-state index contributed by atoms with van der Waals surface area (Å²) in [6.07, 6.45) is 0. The summed E-state index contributed by atoms with van der Waals surface area (Å²) in [5, 5.41) is 0. The van der Waals surface area contributed by atoms with Crippen molar-refractivity contribution < 1.29 is 8.78 Å². The maximum atomic E-state index is 12.8. The first kappa shape index (κ1) is 12.1. The van der Waals surface area contributed by atoms with Crippen LogP contribution in [0.4, 0.5) is 8.78 Å². The van der Waals surface area contributed by atoms with Crippen molar-refractivity contribution in [3.8, 4) is 0 Å². The lowest BCUT2D eigenvalue weighted by Gasteiger charge is -2.08. The van der Waals surface area contributed by atoms with Gasteiger partial charge in [-0.2, -0.15) is 0 Å². The Morgan fingerprint density at radius 3 is 1.53 bits per heavy atom. The van der Waals surface area contributed by atoms with Crippen molar-refractivity contribution in [1.29, 1.82) is 0 Å². The maximum absolute atomic E-state index is 12.8. The molecule has 0 nitrogen and oxygen atoms in total. The van der Waals surface area contributed by atoms with Crippen LogP contribution in [-0.2, 0) is 13.3 Å². The minimum absolute atomic E-state index is 0.499. The normalized spacial score (nSPS) is 10.5. The van der Waals surface area contributed by atoms with Crippen LogP contribution in [-0.4, -0.2) is 0 Å². The van der Waals surface area contributed by atoms with Crippen LogP contribution in [0.5, 0.6) is 0 Å². The third-order valence-corrected chi connectivity index (χ3v) is 3.69. The molecule has 0 atom stereocenters.